The summed E-state index contributed by atoms with van der Waals surface area (Å²) in [4.78, 5) is 8.62. The molecule has 2 aromatic rings. The van der Waals surface area contributed by atoms with Crippen LogP contribution in [0.25, 0.3) is 0 Å². The zero-order valence-electron chi connectivity index (χ0n) is 9.60. The number of nitrogens with zero attached hydrogens (tertiary/aromatic N) is 3. The molecule has 0 saturated heterocycles. The molecule has 4 nitrogen and oxygen atoms in total. The van der Waals surface area contributed by atoms with Gasteiger partial charge in [-0.05, 0) is 14.0 Å². The van der Waals surface area contributed by atoms with Gasteiger partial charge in [0.25, 0.3) is 0 Å². The lowest BCUT2D eigenvalue weighted by atomic mass is 10.3. The van der Waals surface area contributed by atoms with Crippen LogP contribution in [0.5, 0.6) is 0 Å². The maximum absolute atomic E-state index is 4.45. The van der Waals surface area contributed by atoms with Gasteiger partial charge in [0.05, 0.1) is 22.7 Å². The second kappa shape index (κ2) is 5.23. The first-order valence-electron chi connectivity index (χ1n) is 5.34. The van der Waals surface area contributed by atoms with Gasteiger partial charge in [-0.2, -0.15) is 0 Å². The lowest BCUT2D eigenvalue weighted by molar-refractivity contribution is 0.632. The first kappa shape index (κ1) is 11.3. The van der Waals surface area contributed by atoms with Gasteiger partial charge in [0.1, 0.15) is 0 Å². The predicted octanol–water partition coefficient (Wildman–Crippen LogP) is 1.61. The number of imidazole rings is 1. The molecule has 2 rings (SSSR count). The number of aromatic nitrogens is 3. The van der Waals surface area contributed by atoms with Crippen molar-refractivity contribution in [2.24, 2.45) is 0 Å². The number of thiazole rings is 1. The van der Waals surface area contributed by atoms with E-state index in [1.54, 1.807) is 11.3 Å². The summed E-state index contributed by atoms with van der Waals surface area (Å²) in [5, 5.41) is 6.40. The fraction of sp³-hybridized carbons (Fsp3) is 0.455. The Labute approximate surface area is 99.4 Å². The highest BCUT2D eigenvalue weighted by molar-refractivity contribution is 7.09. The Balaban J connectivity index is 1.96. The zero-order chi connectivity index (χ0) is 11.4. The van der Waals surface area contributed by atoms with Gasteiger partial charge in [0.15, 0.2) is 0 Å². The molecule has 0 aliphatic carbocycles. The number of aryl methyl sites for hydroxylation is 3. The molecule has 0 radical (unpaired) electrons. The summed E-state index contributed by atoms with van der Waals surface area (Å²) in [6.07, 6.45) is 4.76. The molecule has 0 saturated carbocycles. The molecular formula is C11H16N4S. The first-order chi connectivity index (χ1) is 7.79. The van der Waals surface area contributed by atoms with E-state index in [-0.39, 0.29) is 0 Å². The van der Waals surface area contributed by atoms with Crippen LogP contribution >= 0.6 is 11.3 Å². The quantitative estimate of drug-likeness (QED) is 0.857. The van der Waals surface area contributed by atoms with Crippen molar-refractivity contribution in [3.63, 3.8) is 0 Å². The minimum Gasteiger partial charge on any atom is -0.333 e. The van der Waals surface area contributed by atoms with Crippen molar-refractivity contribution in [2.45, 2.75) is 26.4 Å². The van der Waals surface area contributed by atoms with E-state index >= 15 is 0 Å². The molecule has 0 aliphatic rings. The average molecular weight is 236 g/mol. The third kappa shape index (κ3) is 2.68. The number of hydrogen-bond donors (Lipinski definition) is 1. The van der Waals surface area contributed by atoms with Gasteiger partial charge in [-0.15, -0.1) is 11.3 Å². The fourth-order valence-corrected chi connectivity index (χ4v) is 2.28. The molecule has 0 bridgehead atoms. The fourth-order valence-electron chi connectivity index (χ4n) is 1.64. The third-order valence-corrected chi connectivity index (χ3v) is 3.25. The summed E-state index contributed by atoms with van der Waals surface area (Å²) in [5.41, 5.74) is 2.39. The van der Waals surface area contributed by atoms with E-state index in [9.17, 15) is 0 Å². The van der Waals surface area contributed by atoms with E-state index in [4.69, 9.17) is 0 Å². The van der Waals surface area contributed by atoms with Crippen molar-refractivity contribution < 1.29 is 0 Å². The molecule has 0 atom stereocenters. The summed E-state index contributed by atoms with van der Waals surface area (Å²) in [6, 6.07) is 0. The molecule has 0 aromatic carbocycles. The van der Waals surface area contributed by atoms with Crippen molar-refractivity contribution in [3.05, 3.63) is 34.3 Å². The standard InChI is InChI=1S/C11H16N4S/c1-9-14-10(7-16-9)3-4-15-8-13-6-11(15)5-12-2/h6-8,12H,3-5H2,1-2H3. The lowest BCUT2D eigenvalue weighted by Crippen LogP contribution is -2.11. The highest BCUT2D eigenvalue weighted by atomic mass is 32.1. The molecule has 0 aliphatic heterocycles. The van der Waals surface area contributed by atoms with Gasteiger partial charge in [-0.1, -0.05) is 0 Å². The molecule has 2 aromatic heterocycles. The van der Waals surface area contributed by atoms with Crippen molar-refractivity contribution in [1.29, 1.82) is 0 Å². The molecule has 0 amide bonds. The Morgan fingerprint density at radius 1 is 1.50 bits per heavy atom. The van der Waals surface area contributed by atoms with Crippen LogP contribution in [0.3, 0.4) is 0 Å². The molecule has 0 fully saturated rings. The number of hydrogen-bond acceptors (Lipinski definition) is 4. The normalized spacial score (nSPS) is 10.9. The molecular weight excluding hydrogens is 220 g/mol. The van der Waals surface area contributed by atoms with Crippen LogP contribution in [-0.2, 0) is 19.5 Å². The second-order valence-corrected chi connectivity index (χ2v) is 4.78. The largest absolute Gasteiger partial charge is 0.333 e. The van der Waals surface area contributed by atoms with E-state index in [1.807, 2.05) is 26.5 Å². The average Bonchev–Trinajstić information content (AvgIpc) is 2.85. The zero-order valence-corrected chi connectivity index (χ0v) is 10.4. The van der Waals surface area contributed by atoms with Gasteiger partial charge in [-0.3, -0.25) is 0 Å². The first-order valence-corrected chi connectivity index (χ1v) is 6.22. The van der Waals surface area contributed by atoms with Crippen LogP contribution in [-0.4, -0.2) is 21.6 Å². The predicted molar refractivity (Wildman–Crippen MR) is 65.5 cm³/mol. The Kier molecular flexibility index (Phi) is 3.69. The van der Waals surface area contributed by atoms with E-state index in [0.717, 1.165) is 24.5 Å². The van der Waals surface area contributed by atoms with Crippen molar-refractivity contribution in [3.8, 4) is 0 Å². The van der Waals surface area contributed by atoms with Crippen LogP contribution in [0.1, 0.15) is 16.4 Å². The minimum atomic E-state index is 0.857. The van der Waals surface area contributed by atoms with E-state index < -0.39 is 0 Å². The van der Waals surface area contributed by atoms with Gasteiger partial charge in [-0.25, -0.2) is 9.97 Å². The molecule has 2 heterocycles. The SMILES string of the molecule is CNCc1cncn1CCc1csc(C)n1. The van der Waals surface area contributed by atoms with Gasteiger partial charge < -0.3 is 9.88 Å². The lowest BCUT2D eigenvalue weighted by Gasteiger charge is -2.06. The summed E-state index contributed by atoms with van der Waals surface area (Å²) < 4.78 is 2.17. The Hall–Kier alpha value is -1.20. The maximum atomic E-state index is 4.45. The van der Waals surface area contributed by atoms with E-state index in [2.05, 4.69) is 25.2 Å². The maximum Gasteiger partial charge on any atom is 0.0948 e. The number of rotatable bonds is 5. The third-order valence-electron chi connectivity index (χ3n) is 2.43. The van der Waals surface area contributed by atoms with E-state index in [1.165, 1.54) is 11.4 Å². The summed E-state index contributed by atoms with van der Waals surface area (Å²) in [5.74, 6) is 0. The molecule has 5 heteroatoms. The van der Waals surface area contributed by atoms with Crippen molar-refractivity contribution >= 4 is 11.3 Å². The topological polar surface area (TPSA) is 42.7 Å². The Morgan fingerprint density at radius 3 is 3.06 bits per heavy atom. The van der Waals surface area contributed by atoms with Crippen LogP contribution in [0.4, 0.5) is 0 Å². The van der Waals surface area contributed by atoms with Crippen LogP contribution < -0.4 is 5.32 Å². The van der Waals surface area contributed by atoms with E-state index in [0.29, 0.717) is 0 Å². The summed E-state index contributed by atoms with van der Waals surface area (Å²) in [7, 11) is 1.95. The van der Waals surface area contributed by atoms with Crippen LogP contribution in [0.2, 0.25) is 0 Å². The summed E-state index contributed by atoms with van der Waals surface area (Å²) in [6.45, 7) is 3.84. The van der Waals surface area contributed by atoms with Gasteiger partial charge in [0.2, 0.25) is 0 Å². The molecule has 0 unspecified atom stereocenters. The van der Waals surface area contributed by atoms with Gasteiger partial charge >= 0.3 is 0 Å². The number of nitrogens with one attached hydrogen (secondary N) is 1. The summed E-state index contributed by atoms with van der Waals surface area (Å²) >= 11 is 1.71. The smallest absolute Gasteiger partial charge is 0.0948 e. The Bertz CT molecular complexity index is 446. The van der Waals surface area contributed by atoms with Crippen LogP contribution in [0, 0.1) is 6.92 Å². The van der Waals surface area contributed by atoms with Crippen LogP contribution in [0.15, 0.2) is 17.9 Å². The monoisotopic (exact) mass is 236 g/mol. The molecule has 86 valence electrons. The highest BCUT2D eigenvalue weighted by Gasteiger charge is 2.03. The van der Waals surface area contributed by atoms with Crippen molar-refractivity contribution in [2.75, 3.05) is 7.05 Å². The second-order valence-electron chi connectivity index (χ2n) is 3.72. The Morgan fingerprint density at radius 2 is 2.38 bits per heavy atom. The minimum absolute atomic E-state index is 0.857. The molecule has 16 heavy (non-hydrogen) atoms. The van der Waals surface area contributed by atoms with Gasteiger partial charge in [0, 0.05) is 31.1 Å². The molecule has 0 spiro atoms. The highest BCUT2D eigenvalue weighted by Crippen LogP contribution is 2.10. The van der Waals surface area contributed by atoms with Crippen molar-refractivity contribution in [1.82, 2.24) is 19.9 Å². The molecule has 1 N–H and O–H groups in total.